The number of nitrogens with zero attached hydrogens (tertiary/aromatic N) is 1. The normalized spacial score (nSPS) is 21.5. The molecule has 0 aromatic heterocycles. The van der Waals surface area contributed by atoms with E-state index in [-0.39, 0.29) is 12.4 Å². The van der Waals surface area contributed by atoms with Crippen LogP contribution in [-0.2, 0) is 6.42 Å². The van der Waals surface area contributed by atoms with Gasteiger partial charge in [0.05, 0.1) is 0 Å². The Labute approximate surface area is 142 Å². The molecule has 0 radical (unpaired) electrons. The molecule has 1 aliphatic carbocycles. The van der Waals surface area contributed by atoms with E-state index in [0.717, 1.165) is 12.0 Å². The van der Waals surface area contributed by atoms with Gasteiger partial charge in [-0.15, -0.1) is 12.4 Å². The van der Waals surface area contributed by atoms with E-state index in [1.54, 1.807) is 0 Å². The number of likely N-dealkylation sites (tertiary alicyclic amines) is 1. The number of benzene rings is 1. The third-order valence-corrected chi connectivity index (χ3v) is 5.66. The molecular weight excluding hydrogens is 290 g/mol. The lowest BCUT2D eigenvalue weighted by atomic mass is 9.87. The molecule has 2 heteroatoms. The summed E-state index contributed by atoms with van der Waals surface area (Å²) in [6, 6.07) is 11.9. The van der Waals surface area contributed by atoms with E-state index in [9.17, 15) is 0 Å². The molecule has 3 rings (SSSR count). The average Bonchev–Trinajstić information content (AvgIpc) is 2.57. The van der Waals surface area contributed by atoms with Crippen molar-refractivity contribution in [2.24, 2.45) is 5.92 Å². The summed E-state index contributed by atoms with van der Waals surface area (Å²) in [6.45, 7) is 2.75. The molecule has 1 heterocycles. The minimum Gasteiger partial charge on any atom is -0.300 e. The van der Waals surface area contributed by atoms with E-state index in [1.807, 2.05) is 0 Å². The minimum atomic E-state index is 0. The molecule has 0 atom stereocenters. The molecule has 0 N–H and O–H groups in total. The number of hydrogen-bond donors (Lipinski definition) is 0. The lowest BCUT2D eigenvalue weighted by molar-refractivity contribution is 0.104. The van der Waals surface area contributed by atoms with E-state index in [0.29, 0.717) is 0 Å². The molecule has 2 fully saturated rings. The Kier molecular flexibility index (Phi) is 7.75. The second-order valence-electron chi connectivity index (χ2n) is 7.15. The standard InChI is InChI=1S/C20H31N.ClH/c1-3-8-18(9-4-1)10-7-11-19-14-16-21(17-15-19)20-12-5-2-6-13-20;/h1,3-4,8-9,19-20H,2,5-7,10-17H2;1H. The summed E-state index contributed by atoms with van der Waals surface area (Å²) in [5.41, 5.74) is 1.51. The smallest absolute Gasteiger partial charge is 0.00952 e. The van der Waals surface area contributed by atoms with Crippen LogP contribution in [0.25, 0.3) is 0 Å². The van der Waals surface area contributed by atoms with Gasteiger partial charge in [-0.05, 0) is 63.1 Å². The monoisotopic (exact) mass is 321 g/mol. The van der Waals surface area contributed by atoms with Crippen molar-refractivity contribution in [3.8, 4) is 0 Å². The second-order valence-corrected chi connectivity index (χ2v) is 7.15. The van der Waals surface area contributed by atoms with Crippen LogP contribution in [0.5, 0.6) is 0 Å². The lowest BCUT2D eigenvalue weighted by Gasteiger charge is -2.39. The second kappa shape index (κ2) is 9.57. The van der Waals surface area contributed by atoms with Crippen LogP contribution < -0.4 is 0 Å². The molecule has 22 heavy (non-hydrogen) atoms. The number of halogens is 1. The molecule has 1 aromatic carbocycles. The number of hydrogen-bond acceptors (Lipinski definition) is 1. The van der Waals surface area contributed by atoms with Crippen molar-refractivity contribution < 1.29 is 0 Å². The predicted molar refractivity (Wildman–Crippen MR) is 97.8 cm³/mol. The van der Waals surface area contributed by atoms with E-state index in [1.165, 1.54) is 82.9 Å². The van der Waals surface area contributed by atoms with Crippen molar-refractivity contribution in [2.45, 2.75) is 70.3 Å². The fraction of sp³-hybridized carbons (Fsp3) is 0.700. The fourth-order valence-corrected chi connectivity index (χ4v) is 4.29. The maximum Gasteiger partial charge on any atom is 0.00952 e. The first-order valence-corrected chi connectivity index (χ1v) is 9.20. The van der Waals surface area contributed by atoms with Gasteiger partial charge in [-0.3, -0.25) is 0 Å². The van der Waals surface area contributed by atoms with Crippen LogP contribution >= 0.6 is 12.4 Å². The highest BCUT2D eigenvalue weighted by Gasteiger charge is 2.25. The summed E-state index contributed by atoms with van der Waals surface area (Å²) in [5, 5.41) is 0. The van der Waals surface area contributed by atoms with Gasteiger partial charge in [0.1, 0.15) is 0 Å². The van der Waals surface area contributed by atoms with Crippen molar-refractivity contribution in [2.75, 3.05) is 13.1 Å². The fourth-order valence-electron chi connectivity index (χ4n) is 4.29. The van der Waals surface area contributed by atoms with E-state index in [2.05, 4.69) is 35.2 Å². The number of aryl methyl sites for hydroxylation is 1. The highest BCUT2D eigenvalue weighted by Crippen LogP contribution is 2.29. The Balaban J connectivity index is 0.00000176. The van der Waals surface area contributed by atoms with E-state index < -0.39 is 0 Å². The zero-order valence-corrected chi connectivity index (χ0v) is 14.7. The zero-order valence-electron chi connectivity index (χ0n) is 13.9. The van der Waals surface area contributed by atoms with Crippen LogP contribution in [0.4, 0.5) is 0 Å². The van der Waals surface area contributed by atoms with Crippen molar-refractivity contribution in [1.82, 2.24) is 4.90 Å². The quantitative estimate of drug-likeness (QED) is 0.694. The Bertz CT molecular complexity index is 391. The summed E-state index contributed by atoms with van der Waals surface area (Å²) in [7, 11) is 0. The Hall–Kier alpha value is -0.530. The Morgan fingerprint density at radius 3 is 2.23 bits per heavy atom. The molecule has 2 aliphatic rings. The first kappa shape index (κ1) is 17.8. The topological polar surface area (TPSA) is 3.24 Å². The summed E-state index contributed by atoms with van der Waals surface area (Å²) < 4.78 is 0. The van der Waals surface area contributed by atoms with Gasteiger partial charge in [0.15, 0.2) is 0 Å². The van der Waals surface area contributed by atoms with Gasteiger partial charge in [0.25, 0.3) is 0 Å². The predicted octanol–water partition coefficient (Wildman–Crippen LogP) is 5.48. The maximum absolute atomic E-state index is 2.81. The molecular formula is C20H32ClN. The maximum atomic E-state index is 2.81. The first-order valence-electron chi connectivity index (χ1n) is 9.20. The van der Waals surface area contributed by atoms with Crippen molar-refractivity contribution in [1.29, 1.82) is 0 Å². The van der Waals surface area contributed by atoms with E-state index >= 15 is 0 Å². The molecule has 1 aliphatic heterocycles. The molecule has 1 saturated heterocycles. The summed E-state index contributed by atoms with van der Waals surface area (Å²) >= 11 is 0. The van der Waals surface area contributed by atoms with Crippen LogP contribution in [0.3, 0.4) is 0 Å². The molecule has 124 valence electrons. The third-order valence-electron chi connectivity index (χ3n) is 5.66. The van der Waals surface area contributed by atoms with Gasteiger partial charge in [-0.2, -0.15) is 0 Å². The average molecular weight is 322 g/mol. The van der Waals surface area contributed by atoms with Crippen molar-refractivity contribution >= 4 is 12.4 Å². The van der Waals surface area contributed by atoms with Gasteiger partial charge >= 0.3 is 0 Å². The minimum absolute atomic E-state index is 0. The molecule has 0 spiro atoms. The summed E-state index contributed by atoms with van der Waals surface area (Å²) in [4.78, 5) is 2.81. The van der Waals surface area contributed by atoms with Crippen LogP contribution in [0.15, 0.2) is 30.3 Å². The molecule has 0 amide bonds. The van der Waals surface area contributed by atoms with Gasteiger partial charge in [-0.25, -0.2) is 0 Å². The Morgan fingerprint density at radius 2 is 1.55 bits per heavy atom. The largest absolute Gasteiger partial charge is 0.300 e. The van der Waals surface area contributed by atoms with Gasteiger partial charge in [0.2, 0.25) is 0 Å². The SMILES string of the molecule is Cl.c1ccc(CCCC2CCN(C3CCCCC3)CC2)cc1. The molecule has 0 unspecified atom stereocenters. The van der Waals surface area contributed by atoms with Crippen LogP contribution in [0.2, 0.25) is 0 Å². The number of rotatable bonds is 5. The first-order chi connectivity index (χ1) is 10.4. The van der Waals surface area contributed by atoms with E-state index in [4.69, 9.17) is 0 Å². The molecule has 0 bridgehead atoms. The highest BCUT2D eigenvalue weighted by molar-refractivity contribution is 5.85. The molecule has 1 saturated carbocycles. The van der Waals surface area contributed by atoms with Gasteiger partial charge in [0, 0.05) is 6.04 Å². The molecule has 1 nitrogen and oxygen atoms in total. The Morgan fingerprint density at radius 1 is 0.864 bits per heavy atom. The lowest BCUT2D eigenvalue weighted by Crippen LogP contribution is -2.42. The summed E-state index contributed by atoms with van der Waals surface area (Å²) in [5.74, 6) is 0.994. The highest BCUT2D eigenvalue weighted by atomic mass is 35.5. The summed E-state index contributed by atoms with van der Waals surface area (Å²) in [6.07, 6.45) is 14.3. The number of piperidine rings is 1. The van der Waals surface area contributed by atoms with Gasteiger partial charge in [-0.1, -0.05) is 56.0 Å². The van der Waals surface area contributed by atoms with Crippen molar-refractivity contribution in [3.63, 3.8) is 0 Å². The molecule has 1 aromatic rings. The van der Waals surface area contributed by atoms with Crippen LogP contribution in [-0.4, -0.2) is 24.0 Å². The third kappa shape index (κ3) is 5.28. The van der Waals surface area contributed by atoms with Crippen LogP contribution in [0.1, 0.15) is 63.4 Å². The van der Waals surface area contributed by atoms with Gasteiger partial charge < -0.3 is 4.90 Å². The van der Waals surface area contributed by atoms with Crippen LogP contribution in [0, 0.1) is 5.92 Å². The van der Waals surface area contributed by atoms with Crippen molar-refractivity contribution in [3.05, 3.63) is 35.9 Å². The zero-order chi connectivity index (χ0) is 14.3.